The Morgan fingerprint density at radius 2 is 1.89 bits per heavy atom. The normalized spacial score (nSPS) is 18.2. The number of hydrogen-bond donors (Lipinski definition) is 2. The first kappa shape index (κ1) is 18.1. The standard InChI is InChI=1S/C21H19FN4O2/c1-21(19(27)25-17-10-6-5-9-16(17)22)13-28-12-14-11-23-20(26-18(14)21)24-15-7-3-2-4-8-15/h2-11H,12-13H2,1H3,(H,25,27)(H,23,24,26). The maximum Gasteiger partial charge on any atom is 0.238 e. The molecule has 142 valence electrons. The highest BCUT2D eigenvalue weighted by Gasteiger charge is 2.42. The number of fused-ring (bicyclic) bond motifs is 1. The Kier molecular flexibility index (Phi) is 4.75. The quantitative estimate of drug-likeness (QED) is 0.722. The van der Waals surface area contributed by atoms with Gasteiger partial charge in [-0.2, -0.15) is 0 Å². The minimum atomic E-state index is -1.08. The fourth-order valence-electron chi connectivity index (χ4n) is 3.13. The topological polar surface area (TPSA) is 76.1 Å². The number of rotatable bonds is 4. The molecule has 6 nitrogen and oxygen atoms in total. The molecule has 1 aliphatic rings. The van der Waals surface area contributed by atoms with E-state index >= 15 is 0 Å². The van der Waals surface area contributed by atoms with E-state index < -0.39 is 11.2 Å². The first-order valence-corrected chi connectivity index (χ1v) is 8.88. The van der Waals surface area contributed by atoms with Crippen LogP contribution >= 0.6 is 0 Å². The Bertz CT molecular complexity index is 1010. The fraction of sp³-hybridized carbons (Fsp3) is 0.190. The van der Waals surface area contributed by atoms with E-state index in [9.17, 15) is 9.18 Å². The molecular weight excluding hydrogens is 359 g/mol. The van der Waals surface area contributed by atoms with Gasteiger partial charge in [0, 0.05) is 17.4 Å². The van der Waals surface area contributed by atoms with Crippen molar-refractivity contribution in [2.75, 3.05) is 17.2 Å². The first-order valence-electron chi connectivity index (χ1n) is 8.88. The van der Waals surface area contributed by atoms with Crippen molar-refractivity contribution in [2.45, 2.75) is 18.9 Å². The molecule has 2 heterocycles. The van der Waals surface area contributed by atoms with E-state index in [0.717, 1.165) is 11.3 Å². The van der Waals surface area contributed by atoms with Gasteiger partial charge < -0.3 is 15.4 Å². The van der Waals surface area contributed by atoms with Crippen LogP contribution in [0.5, 0.6) is 0 Å². The number of ether oxygens (including phenoxy) is 1. The SMILES string of the molecule is CC1(C(=O)Nc2ccccc2F)COCc2cnc(Nc3ccccc3)nc21. The molecule has 3 aromatic rings. The van der Waals surface area contributed by atoms with E-state index in [1.165, 1.54) is 12.1 Å². The number of nitrogens with one attached hydrogen (secondary N) is 2. The van der Waals surface area contributed by atoms with Crippen LogP contribution < -0.4 is 10.6 Å². The molecule has 0 fully saturated rings. The Hall–Kier alpha value is -3.32. The number of nitrogens with zero attached hydrogens (tertiary/aromatic N) is 2. The molecule has 0 bridgehead atoms. The third-order valence-electron chi connectivity index (χ3n) is 4.69. The minimum absolute atomic E-state index is 0.123. The van der Waals surface area contributed by atoms with Gasteiger partial charge in [-0.25, -0.2) is 14.4 Å². The van der Waals surface area contributed by atoms with Crippen LogP contribution in [0.1, 0.15) is 18.2 Å². The Balaban J connectivity index is 1.65. The summed E-state index contributed by atoms with van der Waals surface area (Å²) in [6.45, 7) is 2.20. The zero-order valence-corrected chi connectivity index (χ0v) is 15.3. The van der Waals surface area contributed by atoms with Gasteiger partial charge >= 0.3 is 0 Å². The lowest BCUT2D eigenvalue weighted by atomic mass is 9.82. The summed E-state index contributed by atoms with van der Waals surface area (Å²) in [5.41, 5.74) is 1.19. The molecule has 7 heteroatoms. The van der Waals surface area contributed by atoms with Crippen LogP contribution in [-0.2, 0) is 21.6 Å². The Labute approximate surface area is 161 Å². The molecule has 0 saturated heterocycles. The molecule has 28 heavy (non-hydrogen) atoms. The number of aromatic nitrogens is 2. The van der Waals surface area contributed by atoms with Crippen LogP contribution in [0.2, 0.25) is 0 Å². The molecule has 1 aromatic heterocycles. The monoisotopic (exact) mass is 378 g/mol. The minimum Gasteiger partial charge on any atom is -0.375 e. The number of benzene rings is 2. The van der Waals surface area contributed by atoms with E-state index in [1.54, 1.807) is 25.3 Å². The van der Waals surface area contributed by atoms with E-state index in [2.05, 4.69) is 20.6 Å². The third-order valence-corrected chi connectivity index (χ3v) is 4.69. The van der Waals surface area contributed by atoms with Crippen molar-refractivity contribution in [1.82, 2.24) is 9.97 Å². The Morgan fingerprint density at radius 3 is 2.68 bits per heavy atom. The van der Waals surface area contributed by atoms with E-state index in [-0.39, 0.29) is 18.2 Å². The van der Waals surface area contributed by atoms with Crippen LogP contribution in [0, 0.1) is 5.82 Å². The number of carbonyl (C=O) groups is 1. The van der Waals surface area contributed by atoms with Gasteiger partial charge in [0.05, 0.1) is 24.6 Å². The molecule has 1 aliphatic heterocycles. The molecule has 2 aromatic carbocycles. The summed E-state index contributed by atoms with van der Waals surface area (Å²) in [7, 11) is 0. The van der Waals surface area contributed by atoms with Gasteiger partial charge in [-0.05, 0) is 31.2 Å². The summed E-state index contributed by atoms with van der Waals surface area (Å²) < 4.78 is 19.6. The fourth-order valence-corrected chi connectivity index (χ4v) is 3.13. The molecule has 1 unspecified atom stereocenters. The largest absolute Gasteiger partial charge is 0.375 e. The highest BCUT2D eigenvalue weighted by atomic mass is 19.1. The third kappa shape index (κ3) is 3.44. The molecular formula is C21H19FN4O2. The van der Waals surface area contributed by atoms with Gasteiger partial charge in [0.1, 0.15) is 11.2 Å². The van der Waals surface area contributed by atoms with Crippen LogP contribution in [0.15, 0.2) is 60.8 Å². The van der Waals surface area contributed by atoms with Crippen LogP contribution in [0.4, 0.5) is 21.7 Å². The average molecular weight is 378 g/mol. The van der Waals surface area contributed by atoms with Crippen molar-refractivity contribution in [3.05, 3.63) is 77.9 Å². The average Bonchev–Trinajstić information content (AvgIpc) is 2.71. The first-order chi connectivity index (χ1) is 13.6. The lowest BCUT2D eigenvalue weighted by Gasteiger charge is -2.33. The maximum atomic E-state index is 14.0. The highest BCUT2D eigenvalue weighted by molar-refractivity contribution is 5.99. The van der Waals surface area contributed by atoms with Crippen molar-refractivity contribution in [3.8, 4) is 0 Å². The zero-order valence-electron chi connectivity index (χ0n) is 15.3. The van der Waals surface area contributed by atoms with Gasteiger partial charge in [-0.3, -0.25) is 4.79 Å². The van der Waals surface area contributed by atoms with Crippen LogP contribution in [0.25, 0.3) is 0 Å². The van der Waals surface area contributed by atoms with Crippen molar-refractivity contribution < 1.29 is 13.9 Å². The summed E-state index contributed by atoms with van der Waals surface area (Å²) >= 11 is 0. The second-order valence-electron chi connectivity index (χ2n) is 6.82. The lowest BCUT2D eigenvalue weighted by molar-refractivity contribution is -0.124. The zero-order chi connectivity index (χ0) is 19.6. The smallest absolute Gasteiger partial charge is 0.238 e. The summed E-state index contributed by atoms with van der Waals surface area (Å²) in [6, 6.07) is 15.6. The van der Waals surface area contributed by atoms with Crippen LogP contribution in [-0.4, -0.2) is 22.5 Å². The summed E-state index contributed by atoms with van der Waals surface area (Å²) in [5.74, 6) is -0.495. The molecule has 0 radical (unpaired) electrons. The van der Waals surface area contributed by atoms with Crippen molar-refractivity contribution in [1.29, 1.82) is 0 Å². The second kappa shape index (κ2) is 7.36. The second-order valence-corrected chi connectivity index (χ2v) is 6.82. The predicted octanol–water partition coefficient (Wildman–Crippen LogP) is 3.79. The number of halogens is 1. The van der Waals surface area contributed by atoms with Gasteiger partial charge in [0.25, 0.3) is 0 Å². The van der Waals surface area contributed by atoms with Crippen molar-refractivity contribution in [3.63, 3.8) is 0 Å². The molecule has 0 aliphatic carbocycles. The summed E-state index contributed by atoms with van der Waals surface area (Å²) in [4.78, 5) is 21.9. The maximum absolute atomic E-state index is 14.0. The van der Waals surface area contributed by atoms with E-state index in [0.29, 0.717) is 18.2 Å². The molecule has 0 spiro atoms. The molecule has 2 N–H and O–H groups in total. The number of anilines is 3. The number of amides is 1. The summed E-state index contributed by atoms with van der Waals surface area (Å²) in [6.07, 6.45) is 1.65. The predicted molar refractivity (Wildman–Crippen MR) is 104 cm³/mol. The lowest BCUT2D eigenvalue weighted by Crippen LogP contribution is -2.45. The molecule has 1 atom stereocenters. The number of para-hydroxylation sites is 2. The van der Waals surface area contributed by atoms with E-state index in [4.69, 9.17) is 4.74 Å². The van der Waals surface area contributed by atoms with Gasteiger partial charge in [-0.1, -0.05) is 30.3 Å². The van der Waals surface area contributed by atoms with Crippen molar-refractivity contribution in [2.24, 2.45) is 0 Å². The van der Waals surface area contributed by atoms with Crippen molar-refractivity contribution >= 4 is 23.2 Å². The molecule has 1 amide bonds. The summed E-state index contributed by atoms with van der Waals surface area (Å²) in [5, 5.41) is 5.79. The van der Waals surface area contributed by atoms with E-state index in [1.807, 2.05) is 30.3 Å². The van der Waals surface area contributed by atoms with Gasteiger partial charge in [0.15, 0.2) is 0 Å². The van der Waals surface area contributed by atoms with Crippen LogP contribution in [0.3, 0.4) is 0 Å². The highest BCUT2D eigenvalue weighted by Crippen LogP contribution is 2.33. The molecule has 0 saturated carbocycles. The molecule has 4 rings (SSSR count). The van der Waals surface area contributed by atoms with Gasteiger partial charge in [0.2, 0.25) is 11.9 Å². The Morgan fingerprint density at radius 1 is 1.14 bits per heavy atom. The number of hydrogen-bond acceptors (Lipinski definition) is 5. The van der Waals surface area contributed by atoms with Gasteiger partial charge in [-0.15, -0.1) is 0 Å². The number of carbonyl (C=O) groups excluding carboxylic acids is 1.